The summed E-state index contributed by atoms with van der Waals surface area (Å²) in [5, 5.41) is 14.1. The van der Waals surface area contributed by atoms with Crippen LogP contribution in [0.2, 0.25) is 0 Å². The highest BCUT2D eigenvalue weighted by Crippen LogP contribution is 1.98. The molecule has 0 radical (unpaired) electrons. The fourth-order valence-corrected chi connectivity index (χ4v) is 1.46. The second kappa shape index (κ2) is 7.96. The van der Waals surface area contributed by atoms with Crippen LogP contribution in [0.4, 0.5) is 4.79 Å². The zero-order chi connectivity index (χ0) is 12.6. The number of amides is 2. The van der Waals surface area contributed by atoms with Crippen LogP contribution in [-0.4, -0.2) is 29.2 Å². The fraction of sp³-hybridized carbons (Fsp3) is 0.818. The summed E-state index contributed by atoms with van der Waals surface area (Å²) < 4.78 is 0. The van der Waals surface area contributed by atoms with E-state index in [9.17, 15) is 9.59 Å². The lowest BCUT2D eigenvalue weighted by Gasteiger charge is -2.18. The quantitative estimate of drug-likeness (QED) is 0.623. The van der Waals surface area contributed by atoms with Gasteiger partial charge in [-0.05, 0) is 19.8 Å². The molecule has 5 nitrogen and oxygen atoms in total. The summed E-state index contributed by atoms with van der Waals surface area (Å²) in [5.41, 5.74) is 0. The van der Waals surface area contributed by atoms with E-state index in [0.29, 0.717) is 6.42 Å². The zero-order valence-electron chi connectivity index (χ0n) is 10.2. The van der Waals surface area contributed by atoms with E-state index < -0.39 is 5.97 Å². The number of carbonyl (C=O) groups excluding carboxylic acids is 1. The topological polar surface area (TPSA) is 78.4 Å². The van der Waals surface area contributed by atoms with Gasteiger partial charge in [-0.3, -0.25) is 4.79 Å². The molecule has 0 aromatic rings. The van der Waals surface area contributed by atoms with E-state index in [2.05, 4.69) is 17.6 Å². The molecule has 0 aromatic carbocycles. The number of rotatable bonds is 7. The van der Waals surface area contributed by atoms with Gasteiger partial charge in [0, 0.05) is 12.1 Å². The minimum atomic E-state index is -0.895. The second-order valence-corrected chi connectivity index (χ2v) is 4.01. The molecular formula is C11H22N2O3. The Morgan fingerprint density at radius 2 is 1.88 bits per heavy atom. The van der Waals surface area contributed by atoms with E-state index >= 15 is 0 Å². The molecule has 0 saturated heterocycles. The van der Waals surface area contributed by atoms with Crippen LogP contribution in [0.25, 0.3) is 0 Å². The third-order valence-corrected chi connectivity index (χ3v) is 2.35. The van der Waals surface area contributed by atoms with Crippen molar-refractivity contribution in [1.82, 2.24) is 10.6 Å². The Hall–Kier alpha value is -1.26. The molecule has 0 fully saturated rings. The number of carboxylic acid groups (broad SMARTS) is 1. The average Bonchev–Trinajstić information content (AvgIpc) is 2.15. The molecule has 0 aliphatic carbocycles. The maximum atomic E-state index is 11.5. The highest BCUT2D eigenvalue weighted by molar-refractivity contribution is 5.75. The van der Waals surface area contributed by atoms with Crippen molar-refractivity contribution in [3.8, 4) is 0 Å². The maximum absolute atomic E-state index is 11.5. The predicted octanol–water partition coefficient (Wildman–Crippen LogP) is 1.73. The van der Waals surface area contributed by atoms with Crippen LogP contribution in [0, 0.1) is 0 Å². The van der Waals surface area contributed by atoms with Crippen molar-refractivity contribution in [2.45, 2.75) is 58.5 Å². The van der Waals surface area contributed by atoms with Gasteiger partial charge in [-0.1, -0.05) is 20.3 Å². The lowest BCUT2D eigenvalue weighted by molar-refractivity contribution is -0.137. The van der Waals surface area contributed by atoms with Gasteiger partial charge < -0.3 is 15.7 Å². The smallest absolute Gasteiger partial charge is 0.315 e. The molecule has 0 spiro atoms. The summed E-state index contributed by atoms with van der Waals surface area (Å²) >= 11 is 0. The number of hydrogen-bond acceptors (Lipinski definition) is 2. The first-order valence-electron chi connectivity index (χ1n) is 5.78. The van der Waals surface area contributed by atoms with E-state index in [1.54, 1.807) is 0 Å². The van der Waals surface area contributed by atoms with Crippen LogP contribution in [0.5, 0.6) is 0 Å². The van der Waals surface area contributed by atoms with Gasteiger partial charge in [0.2, 0.25) is 0 Å². The summed E-state index contributed by atoms with van der Waals surface area (Å²) in [6.07, 6.45) is 2.50. The highest BCUT2D eigenvalue weighted by atomic mass is 16.4. The van der Waals surface area contributed by atoms with Gasteiger partial charge in [-0.25, -0.2) is 4.79 Å². The molecule has 3 N–H and O–H groups in total. The van der Waals surface area contributed by atoms with Crippen molar-refractivity contribution < 1.29 is 14.7 Å². The van der Waals surface area contributed by atoms with Gasteiger partial charge in [-0.15, -0.1) is 0 Å². The largest absolute Gasteiger partial charge is 0.481 e. The third-order valence-electron chi connectivity index (χ3n) is 2.35. The van der Waals surface area contributed by atoms with Crippen LogP contribution in [0.3, 0.4) is 0 Å². The van der Waals surface area contributed by atoms with Gasteiger partial charge in [0.1, 0.15) is 0 Å². The van der Waals surface area contributed by atoms with Crippen molar-refractivity contribution in [3.63, 3.8) is 0 Å². The third kappa shape index (κ3) is 7.09. The van der Waals surface area contributed by atoms with Crippen molar-refractivity contribution in [2.75, 3.05) is 0 Å². The van der Waals surface area contributed by atoms with Gasteiger partial charge in [0.15, 0.2) is 0 Å². The molecule has 0 bridgehead atoms. The van der Waals surface area contributed by atoms with Gasteiger partial charge in [0.25, 0.3) is 0 Å². The summed E-state index contributed by atoms with van der Waals surface area (Å²) in [4.78, 5) is 22.0. The molecule has 0 saturated carbocycles. The van der Waals surface area contributed by atoms with Crippen molar-refractivity contribution >= 4 is 12.0 Å². The summed E-state index contributed by atoms with van der Waals surface area (Å²) in [6.45, 7) is 5.83. The Kier molecular flexibility index (Phi) is 7.33. The van der Waals surface area contributed by atoms with Crippen LogP contribution >= 0.6 is 0 Å². The molecule has 0 rings (SSSR count). The monoisotopic (exact) mass is 230 g/mol. The molecule has 0 heterocycles. The SMILES string of the molecule is CCCC(C)NC(=O)NC(CC)CC(=O)O. The van der Waals surface area contributed by atoms with Crippen molar-refractivity contribution in [2.24, 2.45) is 0 Å². The number of nitrogens with one attached hydrogen (secondary N) is 2. The maximum Gasteiger partial charge on any atom is 0.315 e. The minimum Gasteiger partial charge on any atom is -0.481 e. The molecule has 2 unspecified atom stereocenters. The predicted molar refractivity (Wildman–Crippen MR) is 62.4 cm³/mol. The zero-order valence-corrected chi connectivity index (χ0v) is 10.2. The molecule has 16 heavy (non-hydrogen) atoms. The Morgan fingerprint density at radius 3 is 2.31 bits per heavy atom. The van der Waals surface area contributed by atoms with E-state index in [1.807, 2.05) is 13.8 Å². The molecule has 2 atom stereocenters. The van der Waals surface area contributed by atoms with Gasteiger partial charge >= 0.3 is 12.0 Å². The number of urea groups is 1. The second-order valence-electron chi connectivity index (χ2n) is 4.01. The molecule has 5 heteroatoms. The van der Waals surface area contributed by atoms with E-state index in [1.165, 1.54) is 0 Å². The lowest BCUT2D eigenvalue weighted by atomic mass is 10.1. The van der Waals surface area contributed by atoms with E-state index in [4.69, 9.17) is 5.11 Å². The Labute approximate surface area is 96.6 Å². The Bertz CT molecular complexity index is 231. The Balaban J connectivity index is 3.95. The average molecular weight is 230 g/mol. The molecule has 94 valence electrons. The van der Waals surface area contributed by atoms with E-state index in [0.717, 1.165) is 12.8 Å². The summed E-state index contributed by atoms with van der Waals surface area (Å²) in [5.74, 6) is -0.895. The number of aliphatic carboxylic acids is 1. The highest BCUT2D eigenvalue weighted by Gasteiger charge is 2.14. The number of carbonyl (C=O) groups is 2. The Morgan fingerprint density at radius 1 is 1.25 bits per heavy atom. The first-order valence-corrected chi connectivity index (χ1v) is 5.78. The molecule has 0 aromatic heterocycles. The lowest BCUT2D eigenvalue weighted by Crippen LogP contribution is -2.45. The van der Waals surface area contributed by atoms with Gasteiger partial charge in [-0.2, -0.15) is 0 Å². The number of hydrogen-bond donors (Lipinski definition) is 3. The summed E-state index contributed by atoms with van der Waals surface area (Å²) in [7, 11) is 0. The molecular weight excluding hydrogens is 208 g/mol. The van der Waals surface area contributed by atoms with E-state index in [-0.39, 0.29) is 24.5 Å². The van der Waals surface area contributed by atoms with Gasteiger partial charge in [0.05, 0.1) is 6.42 Å². The first-order chi connectivity index (χ1) is 7.49. The molecule has 0 aliphatic heterocycles. The normalized spacial score (nSPS) is 13.9. The number of carboxylic acids is 1. The summed E-state index contributed by atoms with van der Waals surface area (Å²) in [6, 6.07) is -0.465. The molecule has 2 amide bonds. The standard InChI is InChI=1S/C11H22N2O3/c1-4-6-8(3)12-11(16)13-9(5-2)7-10(14)15/h8-9H,4-7H2,1-3H3,(H,14,15)(H2,12,13,16). The molecule has 0 aliphatic rings. The van der Waals surface area contributed by atoms with Crippen molar-refractivity contribution in [3.05, 3.63) is 0 Å². The van der Waals surface area contributed by atoms with Crippen LogP contribution in [-0.2, 0) is 4.79 Å². The minimum absolute atomic E-state index is 0.0356. The van der Waals surface area contributed by atoms with Crippen LogP contribution < -0.4 is 10.6 Å². The van der Waals surface area contributed by atoms with Crippen molar-refractivity contribution in [1.29, 1.82) is 0 Å². The van der Waals surface area contributed by atoms with Crippen LogP contribution in [0.15, 0.2) is 0 Å². The fourth-order valence-electron chi connectivity index (χ4n) is 1.46. The van der Waals surface area contributed by atoms with Crippen LogP contribution in [0.1, 0.15) is 46.5 Å². The first kappa shape index (κ1) is 14.7.